The summed E-state index contributed by atoms with van der Waals surface area (Å²) in [6.07, 6.45) is -0.590. The monoisotopic (exact) mass is 172 g/mol. The summed E-state index contributed by atoms with van der Waals surface area (Å²) in [6.45, 7) is 0.257. The molecule has 0 atom stereocenters. The molecule has 0 fully saturated rings. The molecular formula is C7H12N2O3. The van der Waals surface area contributed by atoms with Gasteiger partial charge in [0.25, 0.3) is 0 Å². The summed E-state index contributed by atoms with van der Waals surface area (Å²) >= 11 is 0. The summed E-state index contributed by atoms with van der Waals surface area (Å²) in [5.41, 5.74) is 0. The summed E-state index contributed by atoms with van der Waals surface area (Å²) in [5.74, 6) is -0.323. The Morgan fingerprint density at radius 2 is 2.17 bits per heavy atom. The minimum absolute atomic E-state index is 0.139. The van der Waals surface area contributed by atoms with Gasteiger partial charge in [0.15, 0.2) is 6.29 Å². The number of carbonyl (C=O) groups excluding carboxylic acids is 1. The van der Waals surface area contributed by atoms with Crippen LogP contribution in [0.25, 0.3) is 0 Å². The Bertz CT molecular complexity index is 172. The zero-order chi connectivity index (χ0) is 9.40. The quantitative estimate of drug-likeness (QED) is 0.574. The molecule has 12 heavy (non-hydrogen) atoms. The summed E-state index contributed by atoms with van der Waals surface area (Å²) in [6, 6.07) is 1.73. The number of nitrogens with zero attached hydrogens (tertiary/aromatic N) is 1. The highest BCUT2D eigenvalue weighted by Gasteiger charge is 2.06. The molecule has 0 aromatic carbocycles. The summed E-state index contributed by atoms with van der Waals surface area (Å²) in [7, 11) is 2.95. The second-order valence-corrected chi connectivity index (χ2v) is 2.04. The molecule has 0 saturated carbocycles. The number of amides is 1. The largest absolute Gasteiger partial charge is 0.354 e. The van der Waals surface area contributed by atoms with Crippen LogP contribution in [0.5, 0.6) is 0 Å². The standard InChI is InChI=1S/C7H12N2O3/c1-11-7(12-2)5-9-6(10)3-4-8/h7H,3,5H2,1-2H3,(H,9,10). The Kier molecular flexibility index (Phi) is 5.97. The van der Waals surface area contributed by atoms with Gasteiger partial charge in [-0.3, -0.25) is 4.79 Å². The van der Waals surface area contributed by atoms with Gasteiger partial charge < -0.3 is 14.8 Å². The van der Waals surface area contributed by atoms with Crippen LogP contribution >= 0.6 is 0 Å². The van der Waals surface area contributed by atoms with Gasteiger partial charge in [-0.15, -0.1) is 0 Å². The normalized spacial score (nSPS) is 9.50. The maximum atomic E-state index is 10.7. The number of nitrogens with one attached hydrogen (secondary N) is 1. The van der Waals surface area contributed by atoms with Gasteiger partial charge in [-0.05, 0) is 0 Å². The average molecular weight is 172 g/mol. The van der Waals surface area contributed by atoms with Crippen LogP contribution in [-0.2, 0) is 14.3 Å². The van der Waals surface area contributed by atoms with Crippen molar-refractivity contribution in [1.82, 2.24) is 5.32 Å². The van der Waals surface area contributed by atoms with Crippen molar-refractivity contribution in [3.8, 4) is 6.07 Å². The lowest BCUT2D eigenvalue weighted by molar-refractivity contribution is -0.126. The molecule has 0 aliphatic carbocycles. The molecule has 0 heterocycles. The molecule has 0 rings (SSSR count). The van der Waals surface area contributed by atoms with Gasteiger partial charge in [-0.25, -0.2) is 0 Å². The van der Waals surface area contributed by atoms with Crippen molar-refractivity contribution in [2.75, 3.05) is 20.8 Å². The highest BCUT2D eigenvalue weighted by molar-refractivity contribution is 5.77. The van der Waals surface area contributed by atoms with E-state index >= 15 is 0 Å². The molecule has 5 nitrogen and oxygen atoms in total. The predicted octanol–water partition coefficient (Wildman–Crippen LogP) is -0.365. The number of hydrogen-bond donors (Lipinski definition) is 1. The van der Waals surface area contributed by atoms with E-state index in [9.17, 15) is 4.79 Å². The van der Waals surface area contributed by atoms with E-state index in [1.165, 1.54) is 14.2 Å². The highest BCUT2D eigenvalue weighted by atomic mass is 16.7. The first-order valence-electron chi connectivity index (χ1n) is 3.43. The predicted molar refractivity (Wildman–Crippen MR) is 41.0 cm³/mol. The molecule has 0 aromatic heterocycles. The minimum Gasteiger partial charge on any atom is -0.354 e. The van der Waals surface area contributed by atoms with Gasteiger partial charge >= 0.3 is 0 Å². The molecule has 0 aromatic rings. The van der Waals surface area contributed by atoms with Crippen LogP contribution in [0, 0.1) is 11.3 Å². The maximum Gasteiger partial charge on any atom is 0.234 e. The van der Waals surface area contributed by atoms with E-state index in [4.69, 9.17) is 14.7 Å². The minimum atomic E-state index is -0.451. The SMILES string of the molecule is COC(CNC(=O)CC#N)OC. The van der Waals surface area contributed by atoms with Crippen LogP contribution in [0.15, 0.2) is 0 Å². The first-order valence-corrected chi connectivity index (χ1v) is 3.43. The Morgan fingerprint density at radius 1 is 1.58 bits per heavy atom. The van der Waals surface area contributed by atoms with Gasteiger partial charge in [0.1, 0.15) is 6.42 Å². The second-order valence-electron chi connectivity index (χ2n) is 2.04. The number of rotatable bonds is 5. The van der Waals surface area contributed by atoms with Crippen LogP contribution < -0.4 is 5.32 Å². The zero-order valence-corrected chi connectivity index (χ0v) is 7.16. The second kappa shape index (κ2) is 6.58. The number of nitriles is 1. The van der Waals surface area contributed by atoms with Gasteiger partial charge in [0.05, 0.1) is 12.6 Å². The number of methoxy groups -OCH3 is 2. The zero-order valence-electron chi connectivity index (χ0n) is 7.16. The Morgan fingerprint density at radius 3 is 2.58 bits per heavy atom. The molecule has 5 heteroatoms. The first-order chi connectivity index (χ1) is 5.74. The lowest BCUT2D eigenvalue weighted by Gasteiger charge is -2.12. The number of ether oxygens (including phenoxy) is 2. The molecule has 0 aliphatic rings. The molecule has 68 valence electrons. The van der Waals surface area contributed by atoms with Crippen molar-refractivity contribution in [3.05, 3.63) is 0 Å². The summed E-state index contributed by atoms with van der Waals surface area (Å²) in [5, 5.41) is 10.6. The number of hydrogen-bond acceptors (Lipinski definition) is 4. The van der Waals surface area contributed by atoms with Crippen LogP contribution in [-0.4, -0.2) is 33.0 Å². The molecule has 0 aliphatic heterocycles. The number of carbonyl (C=O) groups is 1. The van der Waals surface area contributed by atoms with E-state index in [1.807, 2.05) is 0 Å². The molecule has 1 amide bonds. The topological polar surface area (TPSA) is 71.3 Å². The van der Waals surface area contributed by atoms with Crippen molar-refractivity contribution in [2.45, 2.75) is 12.7 Å². The molecular weight excluding hydrogens is 160 g/mol. The van der Waals surface area contributed by atoms with Gasteiger partial charge in [-0.1, -0.05) is 0 Å². The lowest BCUT2D eigenvalue weighted by atomic mass is 10.4. The van der Waals surface area contributed by atoms with Crippen LogP contribution in [0.3, 0.4) is 0 Å². The van der Waals surface area contributed by atoms with Crippen LogP contribution in [0.2, 0.25) is 0 Å². The lowest BCUT2D eigenvalue weighted by Crippen LogP contribution is -2.33. The third-order valence-corrected chi connectivity index (χ3v) is 1.23. The van der Waals surface area contributed by atoms with Crippen LogP contribution in [0.4, 0.5) is 0 Å². The molecule has 0 spiro atoms. The van der Waals surface area contributed by atoms with Gasteiger partial charge in [-0.2, -0.15) is 5.26 Å². The van der Waals surface area contributed by atoms with Crippen molar-refractivity contribution >= 4 is 5.91 Å². The molecule has 0 bridgehead atoms. The molecule has 0 saturated heterocycles. The third-order valence-electron chi connectivity index (χ3n) is 1.23. The highest BCUT2D eigenvalue weighted by Crippen LogP contribution is 1.87. The molecule has 0 unspecified atom stereocenters. The Balaban J connectivity index is 3.53. The third kappa shape index (κ3) is 4.66. The fraction of sp³-hybridized carbons (Fsp3) is 0.714. The summed E-state index contributed by atoms with van der Waals surface area (Å²) < 4.78 is 9.62. The van der Waals surface area contributed by atoms with E-state index < -0.39 is 6.29 Å². The van der Waals surface area contributed by atoms with Gasteiger partial charge in [0, 0.05) is 14.2 Å². The van der Waals surface area contributed by atoms with E-state index in [-0.39, 0.29) is 18.9 Å². The fourth-order valence-electron chi connectivity index (χ4n) is 0.594. The summed E-state index contributed by atoms with van der Waals surface area (Å²) in [4.78, 5) is 10.7. The fourth-order valence-corrected chi connectivity index (χ4v) is 0.594. The first kappa shape index (κ1) is 10.9. The van der Waals surface area contributed by atoms with E-state index in [1.54, 1.807) is 6.07 Å². The van der Waals surface area contributed by atoms with Crippen molar-refractivity contribution in [1.29, 1.82) is 5.26 Å². The van der Waals surface area contributed by atoms with Crippen molar-refractivity contribution in [3.63, 3.8) is 0 Å². The van der Waals surface area contributed by atoms with Gasteiger partial charge in [0.2, 0.25) is 5.91 Å². The maximum absolute atomic E-state index is 10.7. The van der Waals surface area contributed by atoms with E-state index in [0.29, 0.717) is 0 Å². The molecule has 0 radical (unpaired) electrons. The Hall–Kier alpha value is -1.12. The van der Waals surface area contributed by atoms with E-state index in [0.717, 1.165) is 0 Å². The van der Waals surface area contributed by atoms with Crippen molar-refractivity contribution in [2.24, 2.45) is 0 Å². The molecule has 1 N–H and O–H groups in total. The van der Waals surface area contributed by atoms with Crippen LogP contribution in [0.1, 0.15) is 6.42 Å². The van der Waals surface area contributed by atoms with Crippen molar-refractivity contribution < 1.29 is 14.3 Å². The van der Waals surface area contributed by atoms with E-state index in [2.05, 4.69) is 5.32 Å². The smallest absolute Gasteiger partial charge is 0.234 e. The Labute approximate surface area is 71.3 Å². The average Bonchev–Trinajstić information content (AvgIpc) is 2.07.